The average molecular weight is 431 g/mol. The molecule has 7 heteroatoms. The van der Waals surface area contributed by atoms with Crippen LogP contribution in [0.2, 0.25) is 0 Å². The minimum absolute atomic E-state index is 0.238. The zero-order valence-corrected chi connectivity index (χ0v) is 18.4. The molecule has 32 heavy (non-hydrogen) atoms. The summed E-state index contributed by atoms with van der Waals surface area (Å²) >= 11 is 0. The Bertz CT molecular complexity index is 1130. The summed E-state index contributed by atoms with van der Waals surface area (Å²) in [6, 6.07) is 19.8. The fourth-order valence-corrected chi connectivity index (χ4v) is 3.19. The largest absolute Gasteiger partial charge is 0.352 e. The lowest BCUT2D eigenvalue weighted by molar-refractivity contribution is 0.0820. The highest BCUT2D eigenvalue weighted by atomic mass is 16.2. The van der Waals surface area contributed by atoms with E-state index >= 15 is 0 Å². The fourth-order valence-electron chi connectivity index (χ4n) is 3.19. The number of amides is 3. The van der Waals surface area contributed by atoms with Gasteiger partial charge in [0.05, 0.1) is 22.5 Å². The van der Waals surface area contributed by atoms with Crippen molar-refractivity contribution in [1.29, 1.82) is 0 Å². The smallest absolute Gasteiger partial charge is 0.271 e. The maximum atomic E-state index is 12.8. The van der Waals surface area contributed by atoms with Crippen LogP contribution < -0.4 is 10.6 Å². The van der Waals surface area contributed by atoms with Crippen LogP contribution in [0.3, 0.4) is 0 Å². The summed E-state index contributed by atoms with van der Waals surface area (Å²) in [6.07, 6.45) is 0.712. The van der Waals surface area contributed by atoms with E-state index < -0.39 is 5.91 Å². The van der Waals surface area contributed by atoms with Gasteiger partial charge >= 0.3 is 0 Å². The molecule has 3 rings (SSSR count). The molecule has 0 aliphatic heterocycles. The lowest BCUT2D eigenvalue weighted by atomic mass is 10.1. The van der Waals surface area contributed by atoms with E-state index in [1.54, 1.807) is 51.4 Å². The normalized spacial score (nSPS) is 10.3. The number of nitrogens with zero attached hydrogens (tertiary/aromatic N) is 2. The number of pyridine rings is 1. The van der Waals surface area contributed by atoms with E-state index in [-0.39, 0.29) is 17.5 Å². The van der Waals surface area contributed by atoms with Gasteiger partial charge < -0.3 is 15.5 Å². The quantitative estimate of drug-likeness (QED) is 0.602. The summed E-state index contributed by atoms with van der Waals surface area (Å²) in [6.45, 7) is 2.15. The number of benzene rings is 2. The number of aromatic nitrogens is 1. The molecule has 0 atom stereocenters. The standard InChI is InChI=1S/C25H26N4O3/c1-17-19(13-14-22(27-17)25(32)29(2)3)24(31)28-21-12-8-7-11-20(21)23(30)26-16-15-18-9-5-4-6-10-18/h4-14H,15-16H2,1-3H3,(H,26,30)(H,28,31). The second-order valence-corrected chi connectivity index (χ2v) is 7.52. The molecule has 7 nitrogen and oxygen atoms in total. The molecular weight excluding hydrogens is 404 g/mol. The van der Waals surface area contributed by atoms with Gasteiger partial charge in [0.1, 0.15) is 5.69 Å². The van der Waals surface area contributed by atoms with Crippen LogP contribution in [0.1, 0.15) is 42.5 Å². The molecule has 0 aliphatic rings. The molecule has 3 amide bonds. The van der Waals surface area contributed by atoms with Gasteiger partial charge in [-0.15, -0.1) is 0 Å². The summed E-state index contributed by atoms with van der Waals surface area (Å²) < 4.78 is 0. The lowest BCUT2D eigenvalue weighted by Crippen LogP contribution is -2.27. The number of hydrogen-bond acceptors (Lipinski definition) is 4. The molecule has 3 aromatic rings. The van der Waals surface area contributed by atoms with E-state index in [1.165, 1.54) is 11.0 Å². The van der Waals surface area contributed by atoms with Crippen molar-refractivity contribution < 1.29 is 14.4 Å². The van der Waals surface area contributed by atoms with Crippen molar-refractivity contribution in [2.24, 2.45) is 0 Å². The van der Waals surface area contributed by atoms with Crippen molar-refractivity contribution >= 4 is 23.4 Å². The highest BCUT2D eigenvalue weighted by Crippen LogP contribution is 2.18. The van der Waals surface area contributed by atoms with E-state index in [0.717, 1.165) is 5.56 Å². The van der Waals surface area contributed by atoms with E-state index in [9.17, 15) is 14.4 Å². The number of anilines is 1. The first-order valence-corrected chi connectivity index (χ1v) is 10.3. The van der Waals surface area contributed by atoms with Crippen molar-refractivity contribution in [2.45, 2.75) is 13.3 Å². The maximum Gasteiger partial charge on any atom is 0.271 e. The van der Waals surface area contributed by atoms with Gasteiger partial charge in [0.15, 0.2) is 0 Å². The Morgan fingerprint density at radius 2 is 1.53 bits per heavy atom. The maximum absolute atomic E-state index is 12.8. The number of para-hydroxylation sites is 1. The summed E-state index contributed by atoms with van der Waals surface area (Å²) in [5.41, 5.74) is 2.94. The molecule has 2 aromatic carbocycles. The molecule has 2 N–H and O–H groups in total. The molecule has 0 bridgehead atoms. The average Bonchev–Trinajstić information content (AvgIpc) is 2.79. The molecule has 1 heterocycles. The van der Waals surface area contributed by atoms with E-state index in [1.807, 2.05) is 30.3 Å². The van der Waals surface area contributed by atoms with Gasteiger partial charge in [-0.3, -0.25) is 14.4 Å². The predicted octanol–water partition coefficient (Wildman–Crippen LogP) is 3.32. The molecule has 0 saturated heterocycles. The van der Waals surface area contributed by atoms with Crippen molar-refractivity contribution in [3.05, 3.63) is 94.8 Å². The second-order valence-electron chi connectivity index (χ2n) is 7.52. The third kappa shape index (κ3) is 5.57. The van der Waals surface area contributed by atoms with Gasteiger partial charge in [-0.2, -0.15) is 0 Å². The van der Waals surface area contributed by atoms with Crippen molar-refractivity contribution in [2.75, 3.05) is 26.0 Å². The van der Waals surface area contributed by atoms with Gasteiger partial charge in [0, 0.05) is 20.6 Å². The van der Waals surface area contributed by atoms with Crippen LogP contribution in [0, 0.1) is 6.92 Å². The predicted molar refractivity (Wildman–Crippen MR) is 124 cm³/mol. The first-order valence-electron chi connectivity index (χ1n) is 10.3. The minimum atomic E-state index is -0.400. The molecule has 1 aromatic heterocycles. The van der Waals surface area contributed by atoms with Crippen molar-refractivity contribution in [1.82, 2.24) is 15.2 Å². The van der Waals surface area contributed by atoms with Crippen LogP contribution in [0.25, 0.3) is 0 Å². The number of nitrogens with one attached hydrogen (secondary N) is 2. The second kappa shape index (κ2) is 10.3. The first kappa shape index (κ1) is 22.7. The summed E-state index contributed by atoms with van der Waals surface area (Å²) in [7, 11) is 3.28. The third-order valence-corrected chi connectivity index (χ3v) is 4.92. The van der Waals surface area contributed by atoms with Gasteiger partial charge in [-0.25, -0.2) is 4.98 Å². The Kier molecular flexibility index (Phi) is 7.33. The van der Waals surface area contributed by atoms with Crippen LogP contribution in [0.4, 0.5) is 5.69 Å². The van der Waals surface area contributed by atoms with Crippen LogP contribution in [0.5, 0.6) is 0 Å². The van der Waals surface area contributed by atoms with Gasteiger partial charge in [0.25, 0.3) is 17.7 Å². The lowest BCUT2D eigenvalue weighted by Gasteiger charge is -2.14. The number of hydrogen-bond donors (Lipinski definition) is 2. The zero-order valence-electron chi connectivity index (χ0n) is 18.4. The number of aryl methyl sites for hydroxylation is 1. The molecule has 0 aliphatic carbocycles. The molecular formula is C25H26N4O3. The molecule has 0 unspecified atom stereocenters. The molecule has 0 radical (unpaired) electrons. The van der Waals surface area contributed by atoms with E-state index in [4.69, 9.17) is 0 Å². The number of carbonyl (C=O) groups excluding carboxylic acids is 3. The highest BCUT2D eigenvalue weighted by Gasteiger charge is 2.18. The molecule has 0 saturated carbocycles. The third-order valence-electron chi connectivity index (χ3n) is 4.92. The van der Waals surface area contributed by atoms with E-state index in [2.05, 4.69) is 15.6 Å². The van der Waals surface area contributed by atoms with Crippen LogP contribution >= 0.6 is 0 Å². The topological polar surface area (TPSA) is 91.4 Å². The Balaban J connectivity index is 1.69. The Labute approximate surface area is 187 Å². The molecule has 0 spiro atoms. The number of rotatable bonds is 7. The van der Waals surface area contributed by atoms with Crippen LogP contribution in [0.15, 0.2) is 66.7 Å². The Hall–Kier alpha value is -4.00. The zero-order chi connectivity index (χ0) is 23.1. The fraction of sp³-hybridized carbons (Fsp3) is 0.200. The van der Waals surface area contributed by atoms with Crippen molar-refractivity contribution in [3.8, 4) is 0 Å². The highest BCUT2D eigenvalue weighted by molar-refractivity contribution is 6.09. The van der Waals surface area contributed by atoms with Gasteiger partial charge in [-0.05, 0) is 43.2 Å². The van der Waals surface area contributed by atoms with Gasteiger partial charge in [-0.1, -0.05) is 42.5 Å². The van der Waals surface area contributed by atoms with E-state index in [0.29, 0.717) is 35.5 Å². The monoisotopic (exact) mass is 430 g/mol. The van der Waals surface area contributed by atoms with Crippen LogP contribution in [-0.4, -0.2) is 48.2 Å². The summed E-state index contributed by atoms with van der Waals surface area (Å²) in [5.74, 6) is -0.903. The molecule has 0 fully saturated rings. The van der Waals surface area contributed by atoms with Gasteiger partial charge in [0.2, 0.25) is 0 Å². The minimum Gasteiger partial charge on any atom is -0.352 e. The summed E-state index contributed by atoms with van der Waals surface area (Å²) in [5, 5.41) is 5.69. The molecule has 164 valence electrons. The number of carbonyl (C=O) groups is 3. The summed E-state index contributed by atoms with van der Waals surface area (Å²) in [4.78, 5) is 43.3. The Morgan fingerprint density at radius 1 is 0.844 bits per heavy atom. The van der Waals surface area contributed by atoms with Crippen molar-refractivity contribution in [3.63, 3.8) is 0 Å². The van der Waals surface area contributed by atoms with Crippen LogP contribution in [-0.2, 0) is 6.42 Å². The SMILES string of the molecule is Cc1nc(C(=O)N(C)C)ccc1C(=O)Nc1ccccc1C(=O)NCCc1ccccc1. The Morgan fingerprint density at radius 3 is 2.22 bits per heavy atom. The first-order chi connectivity index (χ1) is 15.4.